The van der Waals surface area contributed by atoms with Crippen LogP contribution in [0.2, 0.25) is 0 Å². The lowest BCUT2D eigenvalue weighted by Crippen LogP contribution is -2.15. The fourth-order valence-corrected chi connectivity index (χ4v) is 4.14. The Morgan fingerprint density at radius 1 is 1.25 bits per heavy atom. The van der Waals surface area contributed by atoms with E-state index in [9.17, 15) is 4.79 Å². The third-order valence-electron chi connectivity index (χ3n) is 3.90. The van der Waals surface area contributed by atoms with E-state index in [4.69, 9.17) is 0 Å². The van der Waals surface area contributed by atoms with Crippen molar-refractivity contribution in [3.63, 3.8) is 0 Å². The predicted molar refractivity (Wildman–Crippen MR) is 105 cm³/mol. The number of hydrogen-bond donors (Lipinski definition) is 1. The molecule has 0 saturated heterocycles. The second-order valence-corrected chi connectivity index (χ2v) is 8.40. The Labute approximate surface area is 162 Å². The first-order valence-corrected chi connectivity index (χ1v) is 10.3. The molecule has 7 heteroatoms. The van der Waals surface area contributed by atoms with Crippen LogP contribution >= 0.6 is 43.6 Å². The van der Waals surface area contributed by atoms with Gasteiger partial charge in [0.2, 0.25) is 5.91 Å². The van der Waals surface area contributed by atoms with Gasteiger partial charge < -0.3 is 5.32 Å². The van der Waals surface area contributed by atoms with Crippen LogP contribution in [0.15, 0.2) is 32.3 Å². The zero-order valence-electron chi connectivity index (χ0n) is 13.2. The maximum absolute atomic E-state index is 12.2. The highest BCUT2D eigenvalue weighted by atomic mass is 79.9. The van der Waals surface area contributed by atoms with Gasteiger partial charge >= 0.3 is 0 Å². The normalized spacial score (nSPS) is 13.5. The zero-order valence-corrected chi connectivity index (χ0v) is 17.2. The lowest BCUT2D eigenvalue weighted by molar-refractivity contribution is -0.113. The van der Waals surface area contributed by atoms with Crippen LogP contribution in [0.3, 0.4) is 0 Å². The average Bonchev–Trinajstić information content (AvgIpc) is 2.56. The Balaban J connectivity index is 1.64. The largest absolute Gasteiger partial charge is 0.324 e. The van der Waals surface area contributed by atoms with E-state index in [1.54, 1.807) is 0 Å². The summed E-state index contributed by atoms with van der Waals surface area (Å²) in [7, 11) is 0. The third kappa shape index (κ3) is 4.37. The molecule has 1 amide bonds. The number of aromatic nitrogens is 2. The number of hydrogen-bond acceptors (Lipinski definition) is 4. The van der Waals surface area contributed by atoms with Crippen molar-refractivity contribution < 1.29 is 4.79 Å². The van der Waals surface area contributed by atoms with E-state index >= 15 is 0 Å². The van der Waals surface area contributed by atoms with E-state index in [-0.39, 0.29) is 11.7 Å². The summed E-state index contributed by atoms with van der Waals surface area (Å²) in [5.74, 6) is 0.217. The van der Waals surface area contributed by atoms with Gasteiger partial charge in [-0.3, -0.25) is 4.79 Å². The molecule has 1 aromatic carbocycles. The molecule has 1 heterocycles. The van der Waals surface area contributed by atoms with Gasteiger partial charge in [-0.1, -0.05) is 27.7 Å². The molecule has 1 aromatic heterocycles. The van der Waals surface area contributed by atoms with E-state index in [0.29, 0.717) is 5.16 Å². The molecule has 1 aliphatic rings. The van der Waals surface area contributed by atoms with Crippen LogP contribution < -0.4 is 5.32 Å². The minimum Gasteiger partial charge on any atom is -0.324 e. The van der Waals surface area contributed by atoms with Crippen LogP contribution in [-0.4, -0.2) is 21.6 Å². The van der Waals surface area contributed by atoms with Gasteiger partial charge in [0, 0.05) is 20.3 Å². The molecule has 0 atom stereocenters. The summed E-state index contributed by atoms with van der Waals surface area (Å²) >= 11 is 8.23. The topological polar surface area (TPSA) is 54.9 Å². The van der Waals surface area contributed by atoms with Crippen molar-refractivity contribution in [2.24, 2.45) is 0 Å². The lowest BCUT2D eigenvalue weighted by atomic mass is 9.95. The third-order valence-corrected chi connectivity index (χ3v) is 5.94. The number of halogens is 2. The molecular formula is C17H17Br2N3OS. The van der Waals surface area contributed by atoms with Gasteiger partial charge in [-0.2, -0.15) is 0 Å². The van der Waals surface area contributed by atoms with Gasteiger partial charge in [0.1, 0.15) is 0 Å². The maximum Gasteiger partial charge on any atom is 0.234 e. The summed E-state index contributed by atoms with van der Waals surface area (Å²) in [4.78, 5) is 21.4. The smallest absolute Gasteiger partial charge is 0.234 e. The number of amides is 1. The molecule has 0 spiro atoms. The van der Waals surface area contributed by atoms with E-state index in [2.05, 4.69) is 47.1 Å². The molecule has 126 valence electrons. The number of carbonyl (C=O) groups excluding carboxylic acids is 1. The second kappa shape index (κ2) is 7.97. The molecule has 0 saturated carbocycles. The fraction of sp³-hybridized carbons (Fsp3) is 0.353. The van der Waals surface area contributed by atoms with Crippen LogP contribution in [0.1, 0.15) is 29.8 Å². The summed E-state index contributed by atoms with van der Waals surface area (Å²) in [6, 6.07) is 5.67. The molecule has 0 radical (unpaired) electrons. The standard InChI is InChI=1S/C17H17Br2N3OS/c1-10-12-4-2-3-5-14(12)22-17(20-10)24-9-16(23)21-15-8-11(18)6-7-13(15)19/h6-8H,2-5,9H2,1H3,(H,21,23). The molecule has 4 nitrogen and oxygen atoms in total. The van der Waals surface area contributed by atoms with Crippen molar-refractivity contribution >= 4 is 55.2 Å². The molecule has 0 unspecified atom stereocenters. The first kappa shape index (κ1) is 17.9. The first-order chi connectivity index (χ1) is 11.5. The van der Waals surface area contributed by atoms with Gasteiger partial charge in [-0.15, -0.1) is 0 Å². The number of anilines is 1. The van der Waals surface area contributed by atoms with Crippen molar-refractivity contribution in [1.29, 1.82) is 0 Å². The Morgan fingerprint density at radius 3 is 2.88 bits per heavy atom. The number of rotatable bonds is 4. The lowest BCUT2D eigenvalue weighted by Gasteiger charge is -2.17. The number of fused-ring (bicyclic) bond motifs is 1. The van der Waals surface area contributed by atoms with Gasteiger partial charge in [0.05, 0.1) is 11.4 Å². The number of carbonyl (C=O) groups is 1. The van der Waals surface area contributed by atoms with E-state index in [1.807, 2.05) is 25.1 Å². The van der Waals surface area contributed by atoms with Crippen molar-refractivity contribution in [3.05, 3.63) is 44.1 Å². The molecule has 0 fully saturated rings. The monoisotopic (exact) mass is 469 g/mol. The van der Waals surface area contributed by atoms with E-state index < -0.39 is 0 Å². The molecule has 0 bridgehead atoms. The van der Waals surface area contributed by atoms with Crippen molar-refractivity contribution in [1.82, 2.24) is 9.97 Å². The van der Waals surface area contributed by atoms with Crippen LogP contribution in [0, 0.1) is 6.92 Å². The molecule has 2 aromatic rings. The van der Waals surface area contributed by atoms with Crippen LogP contribution in [0.25, 0.3) is 0 Å². The Morgan fingerprint density at radius 2 is 2.04 bits per heavy atom. The van der Waals surface area contributed by atoms with Gasteiger partial charge in [-0.25, -0.2) is 9.97 Å². The molecule has 3 rings (SSSR count). The SMILES string of the molecule is Cc1nc(SCC(=O)Nc2cc(Br)ccc2Br)nc2c1CCCC2. The van der Waals surface area contributed by atoms with E-state index in [0.717, 1.165) is 38.9 Å². The molecular weight excluding hydrogens is 454 g/mol. The molecule has 0 aliphatic heterocycles. The Bertz CT molecular complexity index is 783. The van der Waals surface area contributed by atoms with Crippen LogP contribution in [0.5, 0.6) is 0 Å². The number of nitrogens with one attached hydrogen (secondary N) is 1. The Hall–Kier alpha value is -0.920. The van der Waals surface area contributed by atoms with Crippen LogP contribution in [-0.2, 0) is 17.6 Å². The van der Waals surface area contributed by atoms with Gasteiger partial charge in [0.25, 0.3) is 0 Å². The summed E-state index contributed by atoms with van der Waals surface area (Å²) in [5, 5.41) is 3.60. The highest BCUT2D eigenvalue weighted by Gasteiger charge is 2.16. The van der Waals surface area contributed by atoms with Gasteiger partial charge in [0.15, 0.2) is 5.16 Å². The number of nitrogens with zero attached hydrogens (tertiary/aromatic N) is 2. The van der Waals surface area contributed by atoms with Crippen molar-refractivity contribution in [3.8, 4) is 0 Å². The number of aryl methyl sites for hydroxylation is 2. The minimum atomic E-state index is -0.0715. The summed E-state index contributed by atoms with van der Waals surface area (Å²) in [6.45, 7) is 2.04. The van der Waals surface area contributed by atoms with Crippen LogP contribution in [0.4, 0.5) is 5.69 Å². The number of benzene rings is 1. The fourth-order valence-electron chi connectivity index (χ4n) is 2.73. The highest BCUT2D eigenvalue weighted by Crippen LogP contribution is 2.27. The van der Waals surface area contributed by atoms with Crippen molar-refractivity contribution in [2.45, 2.75) is 37.8 Å². The first-order valence-electron chi connectivity index (χ1n) is 7.77. The number of thioether (sulfide) groups is 1. The minimum absolute atomic E-state index is 0.0715. The average molecular weight is 471 g/mol. The molecule has 1 aliphatic carbocycles. The summed E-state index contributed by atoms with van der Waals surface area (Å²) in [6.07, 6.45) is 4.49. The second-order valence-electron chi connectivity index (χ2n) is 5.68. The van der Waals surface area contributed by atoms with Crippen molar-refractivity contribution in [2.75, 3.05) is 11.1 Å². The predicted octanol–water partition coefficient (Wildman–Crippen LogP) is 4.92. The van der Waals surface area contributed by atoms with Gasteiger partial charge in [-0.05, 0) is 72.3 Å². The van der Waals surface area contributed by atoms with E-state index in [1.165, 1.54) is 30.2 Å². The highest BCUT2D eigenvalue weighted by molar-refractivity contribution is 9.11. The molecule has 24 heavy (non-hydrogen) atoms. The summed E-state index contributed by atoms with van der Waals surface area (Å²) < 4.78 is 1.77. The molecule has 1 N–H and O–H groups in total. The Kier molecular flexibility index (Phi) is 5.94. The maximum atomic E-state index is 12.2. The quantitative estimate of drug-likeness (QED) is 0.509. The summed E-state index contributed by atoms with van der Waals surface area (Å²) in [5.41, 5.74) is 4.26. The zero-order chi connectivity index (χ0) is 17.1.